The Morgan fingerprint density at radius 3 is 2.21 bits per heavy atom. The number of ketones is 1. The molecule has 1 unspecified atom stereocenters. The highest BCUT2D eigenvalue weighted by Gasteiger charge is 2.45. The third-order valence-corrected chi connectivity index (χ3v) is 6.31. The molecule has 2 aromatic carbocycles. The van der Waals surface area contributed by atoms with E-state index in [1.54, 1.807) is 29.2 Å². The van der Waals surface area contributed by atoms with Gasteiger partial charge in [-0.15, -0.1) is 0 Å². The van der Waals surface area contributed by atoms with Gasteiger partial charge in [0.05, 0.1) is 17.7 Å². The van der Waals surface area contributed by atoms with Crippen molar-refractivity contribution < 1.29 is 19.4 Å². The maximum Gasteiger partial charge on any atom is 0.295 e. The molecule has 1 heterocycles. The van der Waals surface area contributed by atoms with Crippen molar-refractivity contribution in [3.8, 4) is 5.75 Å². The van der Waals surface area contributed by atoms with Crippen molar-refractivity contribution in [3.05, 3.63) is 69.7 Å². The molecule has 2 aromatic rings. The van der Waals surface area contributed by atoms with Gasteiger partial charge in [0.25, 0.3) is 11.7 Å². The number of amides is 1. The van der Waals surface area contributed by atoms with Gasteiger partial charge in [0.15, 0.2) is 0 Å². The Hall–Kier alpha value is -2.64. The molecule has 1 amide bonds. The molecule has 1 aliphatic heterocycles. The molecule has 1 saturated heterocycles. The lowest BCUT2D eigenvalue weighted by atomic mass is 9.95. The summed E-state index contributed by atoms with van der Waals surface area (Å²) in [5, 5.41) is 11.1. The minimum atomic E-state index is -0.669. The van der Waals surface area contributed by atoms with Crippen LogP contribution in [0, 0.1) is 0 Å². The molecule has 0 aromatic heterocycles. The number of aliphatic hydroxyl groups is 1. The SMILES string of the molecule is CCN(CC)CCN1C(=O)C(=O)/C(=C(\O)c2ccc(Br)cc2)C1c1ccc(OC(C)C)cc1. The highest BCUT2D eigenvalue weighted by Crippen LogP contribution is 2.39. The standard InChI is InChI=1S/C26H31BrN2O4/c1-5-28(6-2)15-16-29-23(18-9-13-21(14-10-18)33-17(3)4)22(25(31)26(29)32)24(30)19-7-11-20(27)12-8-19/h7-14,17,23,30H,5-6,15-16H2,1-4H3/b24-22-. The first-order valence-electron chi connectivity index (χ1n) is 11.3. The van der Waals surface area contributed by atoms with Crippen LogP contribution in [0.1, 0.15) is 44.9 Å². The van der Waals surface area contributed by atoms with Crippen molar-refractivity contribution in [2.75, 3.05) is 26.2 Å². The van der Waals surface area contributed by atoms with Crippen molar-refractivity contribution in [1.82, 2.24) is 9.80 Å². The Labute approximate surface area is 204 Å². The number of carbonyl (C=O) groups is 2. The van der Waals surface area contributed by atoms with Crippen LogP contribution < -0.4 is 4.74 Å². The van der Waals surface area contributed by atoms with E-state index in [2.05, 4.69) is 34.7 Å². The number of ether oxygens (including phenoxy) is 1. The first-order valence-corrected chi connectivity index (χ1v) is 12.1. The molecule has 0 radical (unpaired) electrons. The van der Waals surface area contributed by atoms with Gasteiger partial charge in [0.2, 0.25) is 0 Å². The van der Waals surface area contributed by atoms with Crippen LogP contribution in [0.3, 0.4) is 0 Å². The summed E-state index contributed by atoms with van der Waals surface area (Å²) in [5.74, 6) is -0.712. The monoisotopic (exact) mass is 514 g/mol. The van der Waals surface area contributed by atoms with Crippen LogP contribution in [0.2, 0.25) is 0 Å². The minimum absolute atomic E-state index is 0.0351. The van der Waals surface area contributed by atoms with Gasteiger partial charge in [0.1, 0.15) is 11.5 Å². The lowest BCUT2D eigenvalue weighted by molar-refractivity contribution is -0.140. The Bertz CT molecular complexity index is 1010. The average molecular weight is 515 g/mol. The van der Waals surface area contributed by atoms with Gasteiger partial charge in [-0.05, 0) is 56.8 Å². The summed E-state index contributed by atoms with van der Waals surface area (Å²) in [6, 6.07) is 13.7. The predicted molar refractivity (Wildman–Crippen MR) is 133 cm³/mol. The zero-order valence-electron chi connectivity index (χ0n) is 19.5. The van der Waals surface area contributed by atoms with E-state index >= 15 is 0 Å². The predicted octanol–water partition coefficient (Wildman–Crippen LogP) is 5.00. The maximum atomic E-state index is 13.1. The Morgan fingerprint density at radius 2 is 1.67 bits per heavy atom. The van der Waals surface area contributed by atoms with Gasteiger partial charge >= 0.3 is 0 Å². The summed E-state index contributed by atoms with van der Waals surface area (Å²) in [4.78, 5) is 30.0. The third kappa shape index (κ3) is 5.65. The Kier molecular flexibility index (Phi) is 8.32. The number of rotatable bonds is 9. The van der Waals surface area contributed by atoms with E-state index in [9.17, 15) is 14.7 Å². The first kappa shape index (κ1) is 25.0. The molecule has 176 valence electrons. The van der Waals surface area contributed by atoms with E-state index in [-0.39, 0.29) is 17.4 Å². The number of hydrogen-bond acceptors (Lipinski definition) is 5. The molecular weight excluding hydrogens is 484 g/mol. The molecule has 0 aliphatic carbocycles. The number of aliphatic hydroxyl groups excluding tert-OH is 1. The van der Waals surface area contributed by atoms with Gasteiger partial charge < -0.3 is 19.6 Å². The van der Waals surface area contributed by atoms with Crippen molar-refractivity contribution in [3.63, 3.8) is 0 Å². The summed E-state index contributed by atoms with van der Waals surface area (Å²) in [6.45, 7) is 10.8. The van der Waals surface area contributed by atoms with E-state index in [1.165, 1.54) is 0 Å². The number of halogens is 1. The van der Waals surface area contributed by atoms with Gasteiger partial charge in [0, 0.05) is 23.1 Å². The zero-order valence-corrected chi connectivity index (χ0v) is 21.1. The van der Waals surface area contributed by atoms with Gasteiger partial charge in [-0.1, -0.05) is 54.0 Å². The normalized spacial score (nSPS) is 17.9. The van der Waals surface area contributed by atoms with E-state index in [0.29, 0.717) is 24.4 Å². The molecule has 6 nitrogen and oxygen atoms in total. The van der Waals surface area contributed by atoms with Gasteiger partial charge in [-0.2, -0.15) is 0 Å². The summed E-state index contributed by atoms with van der Waals surface area (Å²) in [6.07, 6.45) is 0.0351. The smallest absolute Gasteiger partial charge is 0.295 e. The molecule has 0 saturated carbocycles. The lowest BCUT2D eigenvalue weighted by Crippen LogP contribution is -2.38. The summed E-state index contributed by atoms with van der Waals surface area (Å²) in [7, 11) is 0. The molecular formula is C26H31BrN2O4. The largest absolute Gasteiger partial charge is 0.507 e. The molecule has 1 aliphatic rings. The van der Waals surface area contributed by atoms with E-state index < -0.39 is 17.7 Å². The number of likely N-dealkylation sites (N-methyl/N-ethyl adjacent to an activating group) is 1. The average Bonchev–Trinajstić information content (AvgIpc) is 3.05. The third-order valence-electron chi connectivity index (χ3n) is 5.78. The highest BCUT2D eigenvalue weighted by molar-refractivity contribution is 9.10. The van der Waals surface area contributed by atoms with Crippen molar-refractivity contribution in [2.24, 2.45) is 0 Å². The van der Waals surface area contributed by atoms with Crippen molar-refractivity contribution in [1.29, 1.82) is 0 Å². The first-order chi connectivity index (χ1) is 15.8. The minimum Gasteiger partial charge on any atom is -0.507 e. The maximum absolute atomic E-state index is 13.1. The number of Topliss-reactive ketones (excluding diaryl/α,β-unsaturated/α-hetero) is 1. The number of likely N-dealkylation sites (tertiary alicyclic amines) is 1. The molecule has 7 heteroatoms. The fourth-order valence-corrected chi connectivity index (χ4v) is 4.27. The zero-order chi connectivity index (χ0) is 24.1. The second-order valence-corrected chi connectivity index (χ2v) is 9.18. The van der Waals surface area contributed by atoms with Crippen molar-refractivity contribution >= 4 is 33.4 Å². The summed E-state index contributed by atoms with van der Waals surface area (Å²) >= 11 is 3.39. The van der Waals surface area contributed by atoms with Crippen LogP contribution in [-0.2, 0) is 9.59 Å². The quantitative estimate of drug-likeness (QED) is 0.289. The number of hydrogen-bond donors (Lipinski definition) is 1. The molecule has 1 N–H and O–H groups in total. The summed E-state index contributed by atoms with van der Waals surface area (Å²) in [5.41, 5.74) is 1.35. The topological polar surface area (TPSA) is 70.1 Å². The second-order valence-electron chi connectivity index (χ2n) is 8.26. The molecule has 0 spiro atoms. The Morgan fingerprint density at radius 1 is 1.06 bits per heavy atom. The molecule has 0 bridgehead atoms. The van der Waals surface area contributed by atoms with Crippen LogP contribution in [0.25, 0.3) is 5.76 Å². The van der Waals surface area contributed by atoms with E-state index in [1.807, 2.05) is 38.1 Å². The van der Waals surface area contributed by atoms with E-state index in [0.717, 1.165) is 23.1 Å². The molecule has 1 fully saturated rings. The fraction of sp³-hybridized carbons (Fsp3) is 0.385. The second kappa shape index (κ2) is 11.0. The molecule has 33 heavy (non-hydrogen) atoms. The van der Waals surface area contributed by atoms with E-state index in [4.69, 9.17) is 4.74 Å². The van der Waals surface area contributed by atoms with Crippen LogP contribution in [0.4, 0.5) is 0 Å². The fourth-order valence-electron chi connectivity index (χ4n) is 4.01. The Balaban J connectivity index is 2.06. The number of nitrogens with zero attached hydrogens (tertiary/aromatic N) is 2. The number of benzene rings is 2. The highest BCUT2D eigenvalue weighted by atomic mass is 79.9. The van der Waals surface area contributed by atoms with Crippen LogP contribution in [0.15, 0.2) is 58.6 Å². The lowest BCUT2D eigenvalue weighted by Gasteiger charge is -2.28. The molecule has 1 atom stereocenters. The molecule has 3 rings (SSSR count). The number of carbonyl (C=O) groups excluding carboxylic acids is 2. The van der Waals surface area contributed by atoms with Crippen LogP contribution in [-0.4, -0.2) is 58.9 Å². The van der Waals surface area contributed by atoms with Crippen LogP contribution >= 0.6 is 15.9 Å². The van der Waals surface area contributed by atoms with Crippen molar-refractivity contribution in [2.45, 2.75) is 39.8 Å². The van der Waals surface area contributed by atoms with Crippen LogP contribution in [0.5, 0.6) is 5.75 Å². The van der Waals surface area contributed by atoms with Gasteiger partial charge in [-0.25, -0.2) is 0 Å². The summed E-state index contributed by atoms with van der Waals surface area (Å²) < 4.78 is 6.60. The van der Waals surface area contributed by atoms with Gasteiger partial charge in [-0.3, -0.25) is 9.59 Å².